The minimum Gasteiger partial charge on any atom is -1.00 e. The van der Waals surface area contributed by atoms with Crippen LogP contribution >= 0.6 is 0 Å². The summed E-state index contributed by atoms with van der Waals surface area (Å²) in [5, 5.41) is 0. The van der Waals surface area contributed by atoms with E-state index in [1.807, 2.05) is 0 Å². The Labute approximate surface area is 90.4 Å². The molecular weight excluding hydrogens is 227 g/mol. The zero-order valence-corrected chi connectivity index (χ0v) is 11.4. The van der Waals surface area contributed by atoms with E-state index in [0.717, 1.165) is 0 Å². The van der Waals surface area contributed by atoms with Gasteiger partial charge in [0, 0.05) is 0 Å². The predicted molar refractivity (Wildman–Crippen MR) is 36.8 cm³/mol. The van der Waals surface area contributed by atoms with Crippen molar-refractivity contribution in [3.63, 3.8) is 0 Å². The fourth-order valence-electron chi connectivity index (χ4n) is 0. The molecule has 3 N–H and O–H groups in total. The maximum Gasteiger partial charge on any atom is 1.00 e. The molecule has 11 heavy (non-hydrogen) atoms. The van der Waals surface area contributed by atoms with Crippen LogP contribution in [0.4, 0.5) is 0 Å². The molecule has 0 radical (unpaired) electrons. The van der Waals surface area contributed by atoms with E-state index in [2.05, 4.69) is 0 Å². The molecule has 0 aliphatic heterocycles. The van der Waals surface area contributed by atoms with Gasteiger partial charge >= 0.3 is 40.0 Å². The third kappa shape index (κ3) is 896. The summed E-state index contributed by atoms with van der Waals surface area (Å²) in [7, 11) is -8.36. The molecule has 0 fully saturated rings. The van der Waals surface area contributed by atoms with Gasteiger partial charge in [-0.25, -0.2) is 8.42 Å². The zero-order chi connectivity index (χ0) is 9.00. The van der Waals surface area contributed by atoms with Gasteiger partial charge in [-0.2, -0.15) is 8.42 Å². The van der Waals surface area contributed by atoms with Crippen molar-refractivity contribution in [3.8, 4) is 0 Å². The first-order valence-electron chi connectivity index (χ1n) is 1.62. The monoisotopic (exact) mass is 234 g/mol. The zero-order valence-electron chi connectivity index (χ0n) is 6.79. The number of hydrogen-bond donors (Lipinski definition) is 3. The van der Waals surface area contributed by atoms with Crippen molar-refractivity contribution in [1.82, 2.24) is 0 Å². The summed E-state index contributed by atoms with van der Waals surface area (Å²) in [5.41, 5.74) is 0. The summed E-state index contributed by atoms with van der Waals surface area (Å²) in [6.07, 6.45) is 0. The molecule has 0 aliphatic rings. The minimum atomic E-state index is -4.67. The molecule has 0 aromatic heterocycles. The molecule has 0 unspecified atom stereocenters. The van der Waals surface area contributed by atoms with Gasteiger partial charge in [-0.3, -0.25) is 13.7 Å². The van der Waals surface area contributed by atoms with Gasteiger partial charge in [0.05, 0.1) is 0 Å². The van der Waals surface area contributed by atoms with E-state index < -0.39 is 20.0 Å². The smallest absolute Gasteiger partial charge is 1.00 e. The Morgan fingerprint density at radius 2 is 1.00 bits per heavy atom. The average Bonchev–Trinajstić information content (AvgIpc) is 1.12. The Kier molecular flexibility index (Phi) is 10.6. The number of hydrogen-bond acceptors (Lipinski definition) is 4. The van der Waals surface area contributed by atoms with Crippen LogP contribution in [0.1, 0.15) is 1.43 Å². The predicted octanol–water partition coefficient (Wildman–Crippen LogP) is -5.38. The maximum absolute atomic E-state index is 9.25. The molecule has 0 saturated heterocycles. The fraction of sp³-hybridized carbons (Fsp3) is 0. The normalized spacial score (nSPS) is 10.8. The van der Waals surface area contributed by atoms with Gasteiger partial charge in [0.1, 0.15) is 0 Å². The van der Waals surface area contributed by atoms with Crippen LogP contribution in [0.15, 0.2) is 0 Å². The summed E-state index contributed by atoms with van der Waals surface area (Å²) in [5.74, 6) is 0. The largest absolute Gasteiger partial charge is 1.00 e. The number of rotatable bonds is 0. The van der Waals surface area contributed by atoms with Crippen LogP contribution < -0.4 is 29.6 Å². The van der Waals surface area contributed by atoms with Crippen molar-refractivity contribution in [1.29, 1.82) is 0 Å². The van der Waals surface area contributed by atoms with E-state index in [4.69, 9.17) is 22.1 Å². The van der Waals surface area contributed by atoms with Crippen LogP contribution in [-0.2, 0) is 20.0 Å². The van der Waals surface area contributed by atoms with E-state index >= 15 is 0 Å². The van der Waals surface area contributed by atoms with Gasteiger partial charge in [0.15, 0.2) is 9.39 Å². The standard InChI is InChI=1S/Na.H2O4S.H4O3SSi.H/c;1-5(2,3)4;1-4(2,3)5;/h;(H2,1,2,3,4);5H3,(H,1,2,3);/q+1;;;-1. The topological polar surface area (TPSA) is 129 Å². The second-order valence-electron chi connectivity index (χ2n) is 1.18. The Morgan fingerprint density at radius 3 is 1.00 bits per heavy atom. The Morgan fingerprint density at radius 1 is 1.00 bits per heavy atom. The molecular formula is H7NaO7S2Si. The maximum atomic E-state index is 9.25. The van der Waals surface area contributed by atoms with Crippen LogP contribution in [0.25, 0.3) is 0 Å². The van der Waals surface area contributed by atoms with E-state index in [0.29, 0.717) is 0 Å². The second kappa shape index (κ2) is 6.51. The Bertz CT molecular complexity index is 218. The van der Waals surface area contributed by atoms with Crippen molar-refractivity contribution in [2.45, 2.75) is 0 Å². The van der Waals surface area contributed by atoms with Gasteiger partial charge < -0.3 is 1.43 Å². The third-order valence-corrected chi connectivity index (χ3v) is 0. The van der Waals surface area contributed by atoms with Crippen LogP contribution in [0, 0.1) is 0 Å². The molecule has 11 heteroatoms. The van der Waals surface area contributed by atoms with Crippen molar-refractivity contribution < 1.29 is 61.5 Å². The van der Waals surface area contributed by atoms with Gasteiger partial charge in [-0.1, -0.05) is 0 Å². The molecule has 0 atom stereocenters. The summed E-state index contributed by atoms with van der Waals surface area (Å²) in [6, 6.07) is 0. The van der Waals surface area contributed by atoms with E-state index in [9.17, 15) is 8.42 Å². The van der Waals surface area contributed by atoms with Crippen molar-refractivity contribution >= 4 is 29.4 Å². The van der Waals surface area contributed by atoms with Crippen LogP contribution in [0.5, 0.6) is 0 Å². The van der Waals surface area contributed by atoms with Crippen LogP contribution in [0.2, 0.25) is 0 Å². The fourth-order valence-corrected chi connectivity index (χ4v) is 0. The van der Waals surface area contributed by atoms with Crippen molar-refractivity contribution in [3.05, 3.63) is 0 Å². The van der Waals surface area contributed by atoms with Gasteiger partial charge in [0.25, 0.3) is 0 Å². The molecule has 0 aromatic carbocycles. The summed E-state index contributed by atoms with van der Waals surface area (Å²) in [4.78, 5) is 0. The molecule has 0 aliphatic carbocycles. The first-order chi connectivity index (χ1) is 4.00. The second-order valence-corrected chi connectivity index (χ2v) is 6.64. The van der Waals surface area contributed by atoms with Crippen LogP contribution in [-0.4, -0.2) is 39.9 Å². The third-order valence-electron chi connectivity index (χ3n) is 0. The van der Waals surface area contributed by atoms with Gasteiger partial charge in [0.2, 0.25) is 9.57 Å². The SMILES string of the molecule is O=S(=O)(O)O.O=S(=O)(O)[SiH3].[H-].[Na+]. The van der Waals surface area contributed by atoms with Crippen molar-refractivity contribution in [2.24, 2.45) is 0 Å². The molecule has 7 nitrogen and oxygen atoms in total. The summed E-state index contributed by atoms with van der Waals surface area (Å²) >= 11 is 0. The Balaban J connectivity index is -0.0000000457. The molecule has 0 bridgehead atoms. The van der Waals surface area contributed by atoms with Crippen LogP contribution in [0.3, 0.4) is 0 Å². The van der Waals surface area contributed by atoms with E-state index in [1.165, 1.54) is 0 Å². The average molecular weight is 234 g/mol. The molecule has 0 spiro atoms. The molecule has 66 valence electrons. The Hall–Kier alpha value is 0.997. The first-order valence-corrected chi connectivity index (χ1v) is 7.32. The van der Waals surface area contributed by atoms with E-state index in [-0.39, 0.29) is 40.4 Å². The molecule has 0 amide bonds. The summed E-state index contributed by atoms with van der Waals surface area (Å²) < 4.78 is 57.6. The molecule has 0 heterocycles. The van der Waals surface area contributed by atoms with Gasteiger partial charge in [-0.05, 0) is 0 Å². The quantitative estimate of drug-likeness (QED) is 0.282. The molecule has 0 aromatic rings. The van der Waals surface area contributed by atoms with Gasteiger partial charge in [-0.15, -0.1) is 0 Å². The van der Waals surface area contributed by atoms with E-state index in [1.54, 1.807) is 0 Å². The minimum absolute atomic E-state index is 0. The summed E-state index contributed by atoms with van der Waals surface area (Å²) in [6.45, 7) is 0. The first kappa shape index (κ1) is 17.9. The molecule has 0 rings (SSSR count). The van der Waals surface area contributed by atoms with Crippen molar-refractivity contribution in [2.75, 3.05) is 0 Å². The molecule has 0 saturated carbocycles.